The number of nitrogens with two attached hydrogens (primary N) is 1. The topological polar surface area (TPSA) is 64.3 Å². The van der Waals surface area contributed by atoms with E-state index >= 15 is 0 Å². The first-order valence-electron chi connectivity index (χ1n) is 7.26. The summed E-state index contributed by atoms with van der Waals surface area (Å²) in [7, 11) is 0. The van der Waals surface area contributed by atoms with Crippen LogP contribution in [-0.4, -0.2) is 18.6 Å². The number of aryl methyl sites for hydroxylation is 1. The van der Waals surface area contributed by atoms with E-state index in [1.54, 1.807) is 0 Å². The van der Waals surface area contributed by atoms with E-state index in [9.17, 15) is 4.79 Å². The molecular formula is C16H26N2O2. The van der Waals surface area contributed by atoms with Gasteiger partial charge >= 0.3 is 0 Å². The Bertz CT molecular complexity index is 440. The van der Waals surface area contributed by atoms with Crippen molar-refractivity contribution in [1.29, 1.82) is 0 Å². The summed E-state index contributed by atoms with van der Waals surface area (Å²) in [5, 5.41) is 2.95. The van der Waals surface area contributed by atoms with Crippen LogP contribution < -0.4 is 15.8 Å². The van der Waals surface area contributed by atoms with Crippen LogP contribution in [-0.2, 0) is 4.79 Å². The largest absolute Gasteiger partial charge is 0.483 e. The summed E-state index contributed by atoms with van der Waals surface area (Å²) in [5.74, 6) is 0.597. The lowest BCUT2D eigenvalue weighted by atomic mass is 10.1. The smallest absolute Gasteiger partial charge is 0.258 e. The van der Waals surface area contributed by atoms with Crippen LogP contribution in [0.2, 0.25) is 0 Å². The van der Waals surface area contributed by atoms with Crippen LogP contribution in [0.1, 0.15) is 50.8 Å². The predicted octanol–water partition coefficient (Wildman–Crippen LogP) is 2.70. The molecular weight excluding hydrogens is 252 g/mol. The molecule has 4 nitrogen and oxygen atoms in total. The molecule has 1 amide bonds. The van der Waals surface area contributed by atoms with Gasteiger partial charge in [0.05, 0.1) is 0 Å². The highest BCUT2D eigenvalue weighted by atomic mass is 16.5. The molecule has 0 saturated carbocycles. The van der Waals surface area contributed by atoms with Crippen LogP contribution in [0.4, 0.5) is 0 Å². The Morgan fingerprint density at radius 3 is 2.55 bits per heavy atom. The summed E-state index contributed by atoms with van der Waals surface area (Å²) in [5.41, 5.74) is 7.99. The summed E-state index contributed by atoms with van der Waals surface area (Å²) in [4.78, 5) is 11.8. The van der Waals surface area contributed by atoms with Crippen LogP contribution in [0.25, 0.3) is 0 Å². The van der Waals surface area contributed by atoms with E-state index in [0.29, 0.717) is 5.75 Å². The van der Waals surface area contributed by atoms with E-state index in [4.69, 9.17) is 10.5 Å². The van der Waals surface area contributed by atoms with Crippen molar-refractivity contribution < 1.29 is 9.53 Å². The molecule has 0 bridgehead atoms. The van der Waals surface area contributed by atoms with Gasteiger partial charge in [-0.2, -0.15) is 0 Å². The molecule has 3 N–H and O–H groups in total. The molecule has 0 saturated heterocycles. The van der Waals surface area contributed by atoms with Gasteiger partial charge in [0.15, 0.2) is 6.61 Å². The Morgan fingerprint density at radius 2 is 2.00 bits per heavy atom. The third-order valence-corrected chi connectivity index (χ3v) is 3.37. The monoisotopic (exact) mass is 278 g/mol. The maximum Gasteiger partial charge on any atom is 0.258 e. The quantitative estimate of drug-likeness (QED) is 0.806. The Kier molecular flexibility index (Phi) is 6.52. The Balaban J connectivity index is 2.63. The van der Waals surface area contributed by atoms with Crippen molar-refractivity contribution in [2.24, 2.45) is 5.73 Å². The number of nitrogens with one attached hydrogen (secondary N) is 1. The fraction of sp³-hybridized carbons (Fsp3) is 0.562. The molecule has 0 heterocycles. The van der Waals surface area contributed by atoms with Crippen LogP contribution >= 0.6 is 0 Å². The molecule has 4 heteroatoms. The lowest BCUT2D eigenvalue weighted by Gasteiger charge is -2.17. The van der Waals surface area contributed by atoms with E-state index in [1.165, 1.54) is 0 Å². The molecule has 0 fully saturated rings. The second-order valence-electron chi connectivity index (χ2n) is 5.20. The van der Waals surface area contributed by atoms with Crippen LogP contribution in [0.3, 0.4) is 0 Å². The lowest BCUT2D eigenvalue weighted by molar-refractivity contribution is -0.123. The minimum atomic E-state index is -0.119. The number of carbonyl (C=O) groups is 1. The van der Waals surface area contributed by atoms with Gasteiger partial charge in [-0.05, 0) is 32.8 Å². The molecule has 0 aliphatic rings. The number of amides is 1. The Hall–Kier alpha value is -1.55. The average molecular weight is 278 g/mol. The van der Waals surface area contributed by atoms with Gasteiger partial charge in [0, 0.05) is 17.6 Å². The fourth-order valence-corrected chi connectivity index (χ4v) is 2.06. The van der Waals surface area contributed by atoms with Crippen molar-refractivity contribution in [3.05, 3.63) is 29.3 Å². The summed E-state index contributed by atoms with van der Waals surface area (Å²) >= 11 is 0. The van der Waals surface area contributed by atoms with Crippen molar-refractivity contribution in [2.75, 3.05) is 6.61 Å². The van der Waals surface area contributed by atoms with Crippen LogP contribution in [0.15, 0.2) is 18.2 Å². The van der Waals surface area contributed by atoms with E-state index < -0.39 is 0 Å². The van der Waals surface area contributed by atoms with Gasteiger partial charge in [-0.25, -0.2) is 0 Å². The fourth-order valence-electron chi connectivity index (χ4n) is 2.06. The number of hydrogen-bond donors (Lipinski definition) is 2. The first-order valence-corrected chi connectivity index (χ1v) is 7.26. The summed E-state index contributed by atoms with van der Waals surface area (Å²) < 4.78 is 5.61. The second kappa shape index (κ2) is 7.90. The molecule has 0 spiro atoms. The van der Waals surface area contributed by atoms with Crippen molar-refractivity contribution >= 4 is 5.91 Å². The summed E-state index contributed by atoms with van der Waals surface area (Å²) in [6.45, 7) is 8.06. The minimum Gasteiger partial charge on any atom is -0.483 e. The highest BCUT2D eigenvalue weighted by Gasteiger charge is 2.12. The zero-order chi connectivity index (χ0) is 15.1. The standard InChI is InChI=1S/C16H26N2O2/c1-5-13(6-2)18-16(19)10-20-15-8-7-11(3)9-14(15)12(4)17/h7-9,12-13H,5-6,10,17H2,1-4H3,(H,18,19)/t12-/m0/s1. The van der Waals surface area contributed by atoms with Crippen LogP contribution in [0, 0.1) is 6.92 Å². The molecule has 1 atom stereocenters. The van der Waals surface area contributed by atoms with E-state index in [-0.39, 0.29) is 24.6 Å². The molecule has 112 valence electrons. The summed E-state index contributed by atoms with van der Waals surface area (Å²) in [6, 6.07) is 5.93. The van der Waals surface area contributed by atoms with E-state index in [2.05, 4.69) is 19.2 Å². The number of ether oxygens (including phenoxy) is 1. The van der Waals surface area contributed by atoms with Gasteiger partial charge in [0.1, 0.15) is 5.75 Å². The van der Waals surface area contributed by atoms with Gasteiger partial charge in [-0.15, -0.1) is 0 Å². The van der Waals surface area contributed by atoms with Crippen molar-refractivity contribution in [1.82, 2.24) is 5.32 Å². The maximum atomic E-state index is 11.8. The van der Waals surface area contributed by atoms with E-state index in [1.807, 2.05) is 32.0 Å². The number of carbonyl (C=O) groups excluding carboxylic acids is 1. The average Bonchev–Trinajstić information content (AvgIpc) is 2.43. The first kappa shape index (κ1) is 16.5. The molecule has 1 rings (SSSR count). The predicted molar refractivity (Wildman–Crippen MR) is 81.8 cm³/mol. The van der Waals surface area contributed by atoms with Gasteiger partial charge in [0.25, 0.3) is 5.91 Å². The maximum absolute atomic E-state index is 11.8. The zero-order valence-corrected chi connectivity index (χ0v) is 12.9. The van der Waals surface area contributed by atoms with Gasteiger partial charge in [-0.1, -0.05) is 31.5 Å². The number of hydrogen-bond acceptors (Lipinski definition) is 3. The van der Waals surface area contributed by atoms with Crippen molar-refractivity contribution in [3.8, 4) is 5.75 Å². The third-order valence-electron chi connectivity index (χ3n) is 3.37. The molecule has 0 radical (unpaired) electrons. The number of rotatable bonds is 7. The number of benzene rings is 1. The first-order chi connectivity index (χ1) is 9.47. The SMILES string of the molecule is CCC(CC)NC(=O)COc1ccc(C)cc1[C@H](C)N. The highest BCUT2D eigenvalue weighted by molar-refractivity contribution is 5.77. The van der Waals surface area contributed by atoms with Gasteiger partial charge < -0.3 is 15.8 Å². The Morgan fingerprint density at radius 1 is 1.35 bits per heavy atom. The minimum absolute atomic E-state index is 0.0271. The molecule has 0 aromatic heterocycles. The lowest BCUT2D eigenvalue weighted by Crippen LogP contribution is -2.37. The van der Waals surface area contributed by atoms with Crippen molar-refractivity contribution in [3.63, 3.8) is 0 Å². The van der Waals surface area contributed by atoms with Gasteiger partial charge in [0.2, 0.25) is 0 Å². The molecule has 20 heavy (non-hydrogen) atoms. The molecule has 0 unspecified atom stereocenters. The molecule has 1 aromatic rings. The molecule has 1 aromatic carbocycles. The van der Waals surface area contributed by atoms with Gasteiger partial charge in [-0.3, -0.25) is 4.79 Å². The molecule has 0 aliphatic carbocycles. The van der Waals surface area contributed by atoms with Crippen molar-refractivity contribution in [2.45, 2.75) is 52.6 Å². The molecule has 0 aliphatic heterocycles. The normalized spacial score (nSPS) is 12.3. The van der Waals surface area contributed by atoms with Crippen LogP contribution in [0.5, 0.6) is 5.75 Å². The highest BCUT2D eigenvalue weighted by Crippen LogP contribution is 2.24. The third kappa shape index (κ3) is 4.85. The zero-order valence-electron chi connectivity index (χ0n) is 12.9. The summed E-state index contributed by atoms with van der Waals surface area (Å²) in [6.07, 6.45) is 1.86. The Labute approximate surface area is 121 Å². The second-order valence-corrected chi connectivity index (χ2v) is 5.20. The van der Waals surface area contributed by atoms with E-state index in [0.717, 1.165) is 24.0 Å².